The van der Waals surface area contributed by atoms with Crippen LogP contribution < -0.4 is 5.32 Å². The van der Waals surface area contributed by atoms with E-state index in [0.717, 1.165) is 46.9 Å². The Balaban J connectivity index is 1.54. The van der Waals surface area contributed by atoms with Crippen molar-refractivity contribution in [3.63, 3.8) is 0 Å². The van der Waals surface area contributed by atoms with Crippen molar-refractivity contribution in [3.8, 4) is 11.4 Å². The van der Waals surface area contributed by atoms with Gasteiger partial charge in [-0.3, -0.25) is 0 Å². The molecule has 1 saturated carbocycles. The summed E-state index contributed by atoms with van der Waals surface area (Å²) in [5.41, 5.74) is 6.57. The van der Waals surface area contributed by atoms with Crippen molar-refractivity contribution in [1.82, 2.24) is 9.97 Å². The molecular formula is C27H29N3. The second kappa shape index (κ2) is 8.43. The van der Waals surface area contributed by atoms with Gasteiger partial charge in [-0.15, -0.1) is 0 Å². The minimum Gasteiger partial charge on any atom is -0.343 e. The van der Waals surface area contributed by atoms with Gasteiger partial charge in [0.25, 0.3) is 0 Å². The Morgan fingerprint density at radius 3 is 2.47 bits per heavy atom. The van der Waals surface area contributed by atoms with E-state index < -0.39 is 0 Å². The van der Waals surface area contributed by atoms with Crippen LogP contribution in [0.1, 0.15) is 51.9 Å². The Labute approximate surface area is 179 Å². The van der Waals surface area contributed by atoms with Crippen LogP contribution in [-0.2, 0) is 0 Å². The molecule has 3 aromatic rings. The van der Waals surface area contributed by atoms with Crippen LogP contribution >= 0.6 is 0 Å². The summed E-state index contributed by atoms with van der Waals surface area (Å²) in [4.78, 5) is 9.77. The molecule has 1 aromatic heterocycles. The van der Waals surface area contributed by atoms with E-state index in [1.54, 1.807) is 11.1 Å². The predicted octanol–water partition coefficient (Wildman–Crippen LogP) is 7.28. The van der Waals surface area contributed by atoms with E-state index in [0.29, 0.717) is 0 Å². The fourth-order valence-corrected chi connectivity index (χ4v) is 4.95. The number of benzene rings is 2. The van der Waals surface area contributed by atoms with Gasteiger partial charge in [0.2, 0.25) is 0 Å². The molecule has 0 radical (unpaired) electrons. The second-order valence-electron chi connectivity index (χ2n) is 8.47. The quantitative estimate of drug-likeness (QED) is 0.493. The maximum Gasteiger partial charge on any atom is 0.162 e. The molecule has 0 amide bonds. The number of hydrogen-bond acceptors (Lipinski definition) is 3. The minimum absolute atomic E-state index is 0.749. The summed E-state index contributed by atoms with van der Waals surface area (Å²) in [6.07, 6.45) is 11.3. The lowest BCUT2D eigenvalue weighted by atomic mass is 9.85. The standard InChI is InChI=1S/C27H29N3/c1-2-19-16-17-22(18-24(19)20-10-6-7-11-20)28-27-23-14-8-9-15-25(23)29-26(30-27)21-12-4-3-5-13-21/h3-5,8-9,12-15,18,20H,2,6-7,10-11,16-17H2,1H3,(H,28,29,30). The minimum atomic E-state index is 0.749. The number of para-hydroxylation sites is 1. The average Bonchev–Trinajstić information content (AvgIpc) is 3.34. The van der Waals surface area contributed by atoms with Crippen molar-refractivity contribution in [2.24, 2.45) is 5.92 Å². The smallest absolute Gasteiger partial charge is 0.162 e. The first-order valence-electron chi connectivity index (χ1n) is 11.3. The molecule has 5 rings (SSSR count). The van der Waals surface area contributed by atoms with Gasteiger partial charge in [0.15, 0.2) is 5.82 Å². The predicted molar refractivity (Wildman–Crippen MR) is 125 cm³/mol. The summed E-state index contributed by atoms with van der Waals surface area (Å²) in [5, 5.41) is 4.78. The van der Waals surface area contributed by atoms with E-state index in [1.165, 1.54) is 37.8 Å². The van der Waals surface area contributed by atoms with E-state index in [2.05, 4.69) is 48.6 Å². The Bertz CT molecular complexity index is 1110. The molecule has 3 heteroatoms. The van der Waals surface area contributed by atoms with Crippen LogP contribution in [0.25, 0.3) is 22.3 Å². The van der Waals surface area contributed by atoms with Gasteiger partial charge in [-0.2, -0.15) is 0 Å². The molecule has 0 unspecified atom stereocenters. The molecular weight excluding hydrogens is 366 g/mol. The van der Waals surface area contributed by atoms with Crippen LogP contribution in [0.2, 0.25) is 0 Å². The van der Waals surface area contributed by atoms with Crippen molar-refractivity contribution >= 4 is 16.7 Å². The van der Waals surface area contributed by atoms with Crippen molar-refractivity contribution in [2.75, 3.05) is 5.32 Å². The summed E-state index contributed by atoms with van der Waals surface area (Å²) in [6, 6.07) is 18.5. The highest BCUT2D eigenvalue weighted by Gasteiger charge is 2.23. The van der Waals surface area contributed by atoms with E-state index >= 15 is 0 Å². The third kappa shape index (κ3) is 3.77. The molecule has 0 saturated heterocycles. The van der Waals surface area contributed by atoms with E-state index in [4.69, 9.17) is 9.97 Å². The lowest BCUT2D eigenvalue weighted by molar-refractivity contribution is 0.630. The molecule has 2 aromatic carbocycles. The summed E-state index contributed by atoms with van der Waals surface area (Å²) < 4.78 is 0. The molecule has 3 nitrogen and oxygen atoms in total. The highest BCUT2D eigenvalue weighted by atomic mass is 15.0. The third-order valence-electron chi connectivity index (χ3n) is 6.57. The van der Waals surface area contributed by atoms with Crippen molar-refractivity contribution in [1.29, 1.82) is 0 Å². The number of anilines is 1. The second-order valence-corrected chi connectivity index (χ2v) is 8.47. The van der Waals surface area contributed by atoms with Crippen LogP contribution in [0.4, 0.5) is 5.82 Å². The number of aromatic nitrogens is 2. The fraction of sp³-hybridized carbons (Fsp3) is 0.333. The first-order chi connectivity index (χ1) is 14.8. The molecule has 1 N–H and O–H groups in total. The topological polar surface area (TPSA) is 37.8 Å². The molecule has 2 aliphatic rings. The zero-order chi connectivity index (χ0) is 20.3. The number of nitrogens with one attached hydrogen (secondary N) is 1. The largest absolute Gasteiger partial charge is 0.343 e. The van der Waals surface area contributed by atoms with Crippen molar-refractivity contribution in [2.45, 2.75) is 51.9 Å². The maximum absolute atomic E-state index is 4.95. The molecule has 1 fully saturated rings. The first kappa shape index (κ1) is 19.0. The van der Waals surface area contributed by atoms with E-state index in [1.807, 2.05) is 24.3 Å². The number of hydrogen-bond donors (Lipinski definition) is 1. The van der Waals surface area contributed by atoms with Crippen LogP contribution in [0.5, 0.6) is 0 Å². The number of rotatable bonds is 5. The summed E-state index contributed by atoms with van der Waals surface area (Å²) in [5.74, 6) is 2.43. The highest BCUT2D eigenvalue weighted by molar-refractivity contribution is 5.91. The van der Waals surface area contributed by atoms with Gasteiger partial charge in [0.1, 0.15) is 5.82 Å². The van der Waals surface area contributed by atoms with Crippen LogP contribution in [0, 0.1) is 5.92 Å². The average molecular weight is 396 g/mol. The Morgan fingerprint density at radius 1 is 0.900 bits per heavy atom. The SMILES string of the molecule is CCC1=C(C2CCCC2)C=C(Nc2nc(-c3ccccc3)nc3ccccc23)CC1. The molecule has 0 aliphatic heterocycles. The molecule has 1 heterocycles. The summed E-state index contributed by atoms with van der Waals surface area (Å²) in [7, 11) is 0. The molecule has 0 atom stereocenters. The van der Waals surface area contributed by atoms with Gasteiger partial charge in [0, 0.05) is 16.6 Å². The lowest BCUT2D eigenvalue weighted by Crippen LogP contribution is -2.12. The van der Waals surface area contributed by atoms with Crippen molar-refractivity contribution in [3.05, 3.63) is 77.5 Å². The first-order valence-corrected chi connectivity index (χ1v) is 11.3. The van der Waals surface area contributed by atoms with E-state index in [9.17, 15) is 0 Å². The highest BCUT2D eigenvalue weighted by Crippen LogP contribution is 2.39. The van der Waals surface area contributed by atoms with Crippen LogP contribution in [0.3, 0.4) is 0 Å². The Morgan fingerprint density at radius 2 is 1.67 bits per heavy atom. The van der Waals surface area contributed by atoms with Crippen LogP contribution in [-0.4, -0.2) is 9.97 Å². The zero-order valence-electron chi connectivity index (χ0n) is 17.7. The van der Waals surface area contributed by atoms with Gasteiger partial charge in [-0.05, 0) is 61.8 Å². The van der Waals surface area contributed by atoms with E-state index in [-0.39, 0.29) is 0 Å². The van der Waals surface area contributed by atoms with Gasteiger partial charge in [-0.25, -0.2) is 9.97 Å². The zero-order valence-corrected chi connectivity index (χ0v) is 17.7. The number of allylic oxidation sites excluding steroid dienone is 4. The van der Waals surface area contributed by atoms with Crippen LogP contribution in [0.15, 0.2) is 77.5 Å². The summed E-state index contributed by atoms with van der Waals surface area (Å²) >= 11 is 0. The third-order valence-corrected chi connectivity index (χ3v) is 6.57. The monoisotopic (exact) mass is 395 g/mol. The number of fused-ring (bicyclic) bond motifs is 1. The lowest BCUT2D eigenvalue weighted by Gasteiger charge is -2.24. The molecule has 0 bridgehead atoms. The Kier molecular flexibility index (Phi) is 5.35. The van der Waals surface area contributed by atoms with Gasteiger partial charge in [0.05, 0.1) is 5.52 Å². The van der Waals surface area contributed by atoms with Crippen molar-refractivity contribution < 1.29 is 0 Å². The molecule has 2 aliphatic carbocycles. The Hall–Kier alpha value is -2.94. The molecule has 0 spiro atoms. The summed E-state index contributed by atoms with van der Waals surface area (Å²) in [6.45, 7) is 2.31. The van der Waals surface area contributed by atoms with Gasteiger partial charge >= 0.3 is 0 Å². The fourth-order valence-electron chi connectivity index (χ4n) is 4.95. The van der Waals surface area contributed by atoms with Gasteiger partial charge in [-0.1, -0.05) is 67.8 Å². The molecule has 30 heavy (non-hydrogen) atoms. The maximum atomic E-state index is 4.95. The normalized spacial score (nSPS) is 17.4. The number of nitrogens with zero attached hydrogens (tertiary/aromatic N) is 2. The van der Waals surface area contributed by atoms with Gasteiger partial charge < -0.3 is 5.32 Å². The molecule has 152 valence electrons.